The van der Waals surface area contributed by atoms with E-state index < -0.39 is 0 Å². The number of nitrogens with two attached hydrogens (primary N) is 1. The highest BCUT2D eigenvalue weighted by Gasteiger charge is 2.25. The molecule has 0 unspecified atom stereocenters. The molecule has 2 N–H and O–H groups in total. The smallest absolute Gasteiger partial charge is 0.251 e. The van der Waals surface area contributed by atoms with Crippen molar-refractivity contribution in [3.63, 3.8) is 0 Å². The van der Waals surface area contributed by atoms with E-state index in [2.05, 4.69) is 42.4 Å². The van der Waals surface area contributed by atoms with Crippen molar-refractivity contribution in [3.8, 4) is 11.1 Å². The maximum atomic E-state index is 12.4. The molecular formula is C23H33N3O. The highest BCUT2D eigenvalue weighted by Crippen LogP contribution is 2.35. The monoisotopic (exact) mass is 367 g/mol. The lowest BCUT2D eigenvalue weighted by Crippen LogP contribution is -2.33. The van der Waals surface area contributed by atoms with Gasteiger partial charge in [0.2, 0.25) is 0 Å². The molecule has 4 nitrogen and oxygen atoms in total. The Bertz CT molecular complexity index is 800. The predicted molar refractivity (Wildman–Crippen MR) is 112 cm³/mol. The number of nitrogens with zero attached hydrogens (tertiary/aromatic N) is 2. The lowest BCUT2D eigenvalue weighted by atomic mass is 9.94. The molecule has 27 heavy (non-hydrogen) atoms. The number of primary amides is 1. The average Bonchev–Trinajstić information content (AvgIpc) is 2.93. The first-order valence-electron chi connectivity index (χ1n) is 10.3. The Hall–Kier alpha value is -2.07. The second kappa shape index (κ2) is 8.75. The van der Waals surface area contributed by atoms with Gasteiger partial charge in [0.1, 0.15) is 0 Å². The molecule has 0 atom stereocenters. The molecule has 1 aromatic heterocycles. The van der Waals surface area contributed by atoms with Crippen LogP contribution in [0.25, 0.3) is 11.1 Å². The molecule has 1 aliphatic heterocycles. The fraction of sp³-hybridized carbons (Fsp3) is 0.522. The van der Waals surface area contributed by atoms with E-state index in [0.717, 1.165) is 42.8 Å². The largest absolute Gasteiger partial charge is 0.366 e. The van der Waals surface area contributed by atoms with Gasteiger partial charge in [-0.2, -0.15) is 0 Å². The summed E-state index contributed by atoms with van der Waals surface area (Å²) >= 11 is 0. The lowest BCUT2D eigenvalue weighted by Gasteiger charge is -2.27. The van der Waals surface area contributed by atoms with E-state index in [4.69, 9.17) is 5.73 Å². The van der Waals surface area contributed by atoms with Crippen LogP contribution in [0.2, 0.25) is 0 Å². The van der Waals surface area contributed by atoms with E-state index in [1.165, 1.54) is 43.6 Å². The Balaban J connectivity index is 2.05. The summed E-state index contributed by atoms with van der Waals surface area (Å²) in [7, 11) is 0. The molecular weight excluding hydrogens is 334 g/mol. The van der Waals surface area contributed by atoms with Crippen LogP contribution in [0.15, 0.2) is 24.3 Å². The van der Waals surface area contributed by atoms with Gasteiger partial charge in [-0.05, 0) is 57.3 Å². The van der Waals surface area contributed by atoms with Crippen molar-refractivity contribution in [2.45, 2.75) is 59.4 Å². The van der Waals surface area contributed by atoms with Crippen LogP contribution in [0.3, 0.4) is 0 Å². The van der Waals surface area contributed by atoms with Gasteiger partial charge in [-0.3, -0.25) is 4.79 Å². The maximum absolute atomic E-state index is 12.4. The summed E-state index contributed by atoms with van der Waals surface area (Å²) in [6, 6.07) is 8.31. The summed E-state index contributed by atoms with van der Waals surface area (Å²) in [6.07, 6.45) is 5.95. The Morgan fingerprint density at radius 3 is 2.41 bits per heavy atom. The van der Waals surface area contributed by atoms with E-state index in [1.807, 2.05) is 12.1 Å². The molecule has 0 radical (unpaired) electrons. The van der Waals surface area contributed by atoms with Gasteiger partial charge in [-0.1, -0.05) is 44.0 Å². The topological polar surface area (TPSA) is 51.3 Å². The Labute approximate surface area is 163 Å². The maximum Gasteiger partial charge on any atom is 0.251 e. The lowest BCUT2D eigenvalue weighted by molar-refractivity contribution is 0.1000. The van der Waals surface area contributed by atoms with E-state index in [1.54, 1.807) is 0 Å². The number of aryl methyl sites for hydroxylation is 1. The molecule has 3 rings (SSSR count). The number of aromatic nitrogens is 1. The Morgan fingerprint density at radius 2 is 1.78 bits per heavy atom. The molecule has 2 heterocycles. The van der Waals surface area contributed by atoms with Gasteiger partial charge < -0.3 is 15.2 Å². The molecule has 2 aromatic rings. The summed E-state index contributed by atoms with van der Waals surface area (Å²) in [5.74, 6) is -0.320. The second-order valence-corrected chi connectivity index (χ2v) is 7.77. The van der Waals surface area contributed by atoms with Crippen molar-refractivity contribution >= 4 is 5.91 Å². The third-order valence-electron chi connectivity index (χ3n) is 5.87. The Morgan fingerprint density at radius 1 is 1.07 bits per heavy atom. The molecule has 0 spiro atoms. The van der Waals surface area contributed by atoms with Gasteiger partial charge in [-0.25, -0.2) is 0 Å². The number of amides is 1. The summed E-state index contributed by atoms with van der Waals surface area (Å²) in [6.45, 7) is 10.7. The van der Waals surface area contributed by atoms with Gasteiger partial charge in [0.15, 0.2) is 0 Å². The van der Waals surface area contributed by atoms with E-state index in [-0.39, 0.29) is 5.91 Å². The van der Waals surface area contributed by atoms with E-state index >= 15 is 0 Å². The highest BCUT2D eigenvalue weighted by molar-refractivity contribution is 6.02. The van der Waals surface area contributed by atoms with Crippen LogP contribution in [-0.2, 0) is 13.0 Å². The minimum atomic E-state index is -0.320. The summed E-state index contributed by atoms with van der Waals surface area (Å²) in [5, 5.41) is 0. The van der Waals surface area contributed by atoms with Crippen molar-refractivity contribution in [1.29, 1.82) is 0 Å². The fourth-order valence-electron chi connectivity index (χ4n) is 4.47. The van der Waals surface area contributed by atoms with Crippen LogP contribution in [0.1, 0.15) is 59.9 Å². The van der Waals surface area contributed by atoms with Gasteiger partial charge in [0, 0.05) is 30.0 Å². The molecule has 1 saturated heterocycles. The summed E-state index contributed by atoms with van der Waals surface area (Å²) in [5.41, 5.74) is 12.2. The first-order chi connectivity index (χ1) is 13.0. The molecule has 0 aliphatic carbocycles. The van der Waals surface area contributed by atoms with Crippen molar-refractivity contribution in [2.75, 3.05) is 19.6 Å². The quantitative estimate of drug-likeness (QED) is 0.793. The average molecular weight is 368 g/mol. The third-order valence-corrected chi connectivity index (χ3v) is 5.87. The van der Waals surface area contributed by atoms with Crippen LogP contribution in [-0.4, -0.2) is 35.0 Å². The zero-order valence-electron chi connectivity index (χ0n) is 17.1. The third kappa shape index (κ3) is 4.11. The van der Waals surface area contributed by atoms with Gasteiger partial charge >= 0.3 is 0 Å². The zero-order chi connectivity index (χ0) is 19.4. The first kappa shape index (κ1) is 19.7. The van der Waals surface area contributed by atoms with Crippen LogP contribution in [0.5, 0.6) is 0 Å². The minimum Gasteiger partial charge on any atom is -0.366 e. The van der Waals surface area contributed by atoms with Crippen LogP contribution in [0.4, 0.5) is 0 Å². The van der Waals surface area contributed by atoms with Crippen LogP contribution < -0.4 is 5.73 Å². The van der Waals surface area contributed by atoms with Crippen molar-refractivity contribution in [2.24, 2.45) is 5.73 Å². The summed E-state index contributed by atoms with van der Waals surface area (Å²) < 4.78 is 2.36. The van der Waals surface area contributed by atoms with Crippen molar-refractivity contribution in [1.82, 2.24) is 9.47 Å². The number of carbonyl (C=O) groups is 1. The number of carbonyl (C=O) groups excluding carboxylic acids is 1. The minimum absolute atomic E-state index is 0.320. The second-order valence-electron chi connectivity index (χ2n) is 7.77. The van der Waals surface area contributed by atoms with E-state index in [0.29, 0.717) is 5.56 Å². The van der Waals surface area contributed by atoms with E-state index in [9.17, 15) is 4.79 Å². The molecule has 1 aromatic carbocycles. The highest BCUT2D eigenvalue weighted by atomic mass is 16.1. The summed E-state index contributed by atoms with van der Waals surface area (Å²) in [4.78, 5) is 15.0. The number of likely N-dealkylation sites (tertiary alicyclic amines) is 1. The molecule has 1 amide bonds. The normalized spacial score (nSPS) is 15.2. The fourth-order valence-corrected chi connectivity index (χ4v) is 4.47. The predicted octanol–water partition coefficient (Wildman–Crippen LogP) is 4.31. The molecule has 0 saturated carbocycles. The SMILES string of the molecule is CCCc1c(-c2ccccc2C)c(C(N)=O)c(C)n1CCN1CCCCC1. The number of rotatable bonds is 7. The molecule has 1 aliphatic rings. The molecule has 0 bridgehead atoms. The molecule has 1 fully saturated rings. The van der Waals surface area contributed by atoms with Gasteiger partial charge in [0.05, 0.1) is 5.56 Å². The Kier molecular flexibility index (Phi) is 6.38. The zero-order valence-corrected chi connectivity index (χ0v) is 17.1. The van der Waals surface area contributed by atoms with Crippen LogP contribution >= 0.6 is 0 Å². The van der Waals surface area contributed by atoms with Gasteiger partial charge in [-0.15, -0.1) is 0 Å². The number of piperidine rings is 1. The van der Waals surface area contributed by atoms with Crippen molar-refractivity contribution < 1.29 is 4.79 Å². The van der Waals surface area contributed by atoms with Crippen molar-refractivity contribution in [3.05, 3.63) is 46.8 Å². The molecule has 146 valence electrons. The van der Waals surface area contributed by atoms with Gasteiger partial charge in [0.25, 0.3) is 5.91 Å². The number of hydrogen-bond acceptors (Lipinski definition) is 2. The standard InChI is InChI=1S/C23H33N3O/c1-4-10-20-22(19-12-7-6-11-17(19)2)21(23(24)27)18(3)26(20)16-15-25-13-8-5-9-14-25/h6-7,11-12H,4-5,8-10,13-16H2,1-3H3,(H2,24,27). The molecule has 4 heteroatoms. The number of benzene rings is 1. The first-order valence-corrected chi connectivity index (χ1v) is 10.3. The number of hydrogen-bond donors (Lipinski definition) is 1. The van der Waals surface area contributed by atoms with Crippen LogP contribution in [0, 0.1) is 13.8 Å².